The number of aryl methyl sites for hydroxylation is 1. The summed E-state index contributed by atoms with van der Waals surface area (Å²) in [5.41, 5.74) is 0. The van der Waals surface area contributed by atoms with E-state index in [2.05, 4.69) is 10.2 Å². The molecule has 1 aliphatic heterocycles. The Morgan fingerprint density at radius 3 is 2.80 bits per heavy atom. The predicted octanol–water partition coefficient (Wildman–Crippen LogP) is 0.328. The molecule has 0 aromatic carbocycles. The zero-order valence-corrected chi connectivity index (χ0v) is 8.39. The standard InChI is InChI=1S/C9H11N3O3/c1-2-3-7-10-11-9(15-7)12-5-6(13)4-8(12)14/h2-5H2,1H3. The number of rotatable bonds is 3. The van der Waals surface area contributed by atoms with Gasteiger partial charge in [0.05, 0.1) is 13.0 Å². The minimum absolute atomic E-state index is 0.0482. The fourth-order valence-corrected chi connectivity index (χ4v) is 1.43. The van der Waals surface area contributed by atoms with E-state index in [4.69, 9.17) is 4.42 Å². The Balaban J connectivity index is 2.15. The van der Waals surface area contributed by atoms with Crippen LogP contribution in [-0.4, -0.2) is 28.4 Å². The lowest BCUT2D eigenvalue weighted by molar-refractivity contribution is -0.121. The van der Waals surface area contributed by atoms with Crippen molar-refractivity contribution in [1.29, 1.82) is 0 Å². The molecule has 1 aromatic rings. The van der Waals surface area contributed by atoms with Crippen LogP contribution in [0.2, 0.25) is 0 Å². The minimum atomic E-state index is -0.272. The lowest BCUT2D eigenvalue weighted by atomic mass is 10.3. The van der Waals surface area contributed by atoms with Gasteiger partial charge in [-0.2, -0.15) is 0 Å². The zero-order valence-electron chi connectivity index (χ0n) is 8.39. The summed E-state index contributed by atoms with van der Waals surface area (Å²) in [6.45, 7) is 2.04. The molecule has 1 fully saturated rings. The molecule has 2 heterocycles. The zero-order chi connectivity index (χ0) is 10.8. The molecule has 0 spiro atoms. The van der Waals surface area contributed by atoms with Crippen molar-refractivity contribution in [2.45, 2.75) is 26.2 Å². The first kappa shape index (κ1) is 9.82. The van der Waals surface area contributed by atoms with Crippen LogP contribution in [0.1, 0.15) is 25.7 Å². The highest BCUT2D eigenvalue weighted by atomic mass is 16.4. The SMILES string of the molecule is CCCc1nnc(N2CC(=O)CC2=O)o1. The third-order valence-electron chi connectivity index (χ3n) is 2.13. The highest BCUT2D eigenvalue weighted by Gasteiger charge is 2.32. The van der Waals surface area contributed by atoms with Gasteiger partial charge in [-0.05, 0) is 6.42 Å². The lowest BCUT2D eigenvalue weighted by Gasteiger charge is -2.06. The molecule has 6 nitrogen and oxygen atoms in total. The third kappa shape index (κ3) is 1.88. The van der Waals surface area contributed by atoms with Gasteiger partial charge in [0.1, 0.15) is 0 Å². The number of nitrogens with zero attached hydrogens (tertiary/aromatic N) is 3. The molecule has 0 atom stereocenters. The van der Waals surface area contributed by atoms with Crippen molar-refractivity contribution < 1.29 is 14.0 Å². The van der Waals surface area contributed by atoms with Gasteiger partial charge in [-0.25, -0.2) is 0 Å². The van der Waals surface area contributed by atoms with Crippen LogP contribution in [0, 0.1) is 0 Å². The van der Waals surface area contributed by atoms with E-state index in [9.17, 15) is 9.59 Å². The molecular formula is C9H11N3O3. The van der Waals surface area contributed by atoms with Gasteiger partial charge in [-0.3, -0.25) is 14.5 Å². The van der Waals surface area contributed by atoms with Gasteiger partial charge in [-0.15, -0.1) is 5.10 Å². The van der Waals surface area contributed by atoms with Gasteiger partial charge in [0, 0.05) is 6.42 Å². The molecule has 0 unspecified atom stereocenters. The van der Waals surface area contributed by atoms with Gasteiger partial charge >= 0.3 is 6.01 Å². The Hall–Kier alpha value is -1.72. The third-order valence-corrected chi connectivity index (χ3v) is 2.13. The van der Waals surface area contributed by atoms with Crippen molar-refractivity contribution in [3.8, 4) is 0 Å². The van der Waals surface area contributed by atoms with Gasteiger partial charge in [0.15, 0.2) is 5.78 Å². The fourth-order valence-electron chi connectivity index (χ4n) is 1.43. The summed E-state index contributed by atoms with van der Waals surface area (Å²) in [6, 6.07) is 0.134. The summed E-state index contributed by atoms with van der Waals surface area (Å²) in [7, 11) is 0. The predicted molar refractivity (Wildman–Crippen MR) is 50.3 cm³/mol. The van der Waals surface area contributed by atoms with E-state index in [1.807, 2.05) is 6.92 Å². The average Bonchev–Trinajstić information content (AvgIpc) is 2.73. The van der Waals surface area contributed by atoms with Crippen LogP contribution in [0.25, 0.3) is 0 Å². The second-order valence-electron chi connectivity index (χ2n) is 3.42. The smallest absolute Gasteiger partial charge is 0.325 e. The van der Waals surface area contributed by atoms with Crippen molar-refractivity contribution >= 4 is 17.7 Å². The number of carbonyl (C=O) groups excluding carboxylic acids is 2. The molecule has 0 radical (unpaired) electrons. The topological polar surface area (TPSA) is 76.3 Å². The Morgan fingerprint density at radius 2 is 2.20 bits per heavy atom. The molecular weight excluding hydrogens is 198 g/mol. The second-order valence-corrected chi connectivity index (χ2v) is 3.42. The molecule has 6 heteroatoms. The van der Waals surface area contributed by atoms with Crippen LogP contribution < -0.4 is 4.90 Å². The fraction of sp³-hybridized carbons (Fsp3) is 0.556. The molecule has 1 aromatic heterocycles. The summed E-state index contributed by atoms with van der Waals surface area (Å²) in [5, 5.41) is 7.53. The molecule has 1 amide bonds. The van der Waals surface area contributed by atoms with Crippen molar-refractivity contribution in [1.82, 2.24) is 10.2 Å². The molecule has 0 N–H and O–H groups in total. The Kier molecular flexibility index (Phi) is 2.49. The maximum atomic E-state index is 11.3. The number of hydrogen-bond acceptors (Lipinski definition) is 5. The van der Waals surface area contributed by atoms with E-state index in [1.54, 1.807) is 0 Å². The Bertz CT molecular complexity index is 399. The molecule has 15 heavy (non-hydrogen) atoms. The van der Waals surface area contributed by atoms with Crippen molar-refractivity contribution in [2.24, 2.45) is 0 Å². The highest BCUT2D eigenvalue weighted by Crippen LogP contribution is 2.18. The maximum Gasteiger partial charge on any atom is 0.325 e. The first-order chi connectivity index (χ1) is 7.20. The summed E-state index contributed by atoms with van der Waals surface area (Å²) in [4.78, 5) is 23.6. The van der Waals surface area contributed by atoms with E-state index in [-0.39, 0.29) is 30.7 Å². The van der Waals surface area contributed by atoms with Crippen LogP contribution in [-0.2, 0) is 16.0 Å². The van der Waals surface area contributed by atoms with Gasteiger partial charge in [0.25, 0.3) is 0 Å². The Labute approximate surface area is 86.3 Å². The van der Waals surface area contributed by atoms with E-state index in [0.717, 1.165) is 6.42 Å². The first-order valence-corrected chi connectivity index (χ1v) is 4.85. The van der Waals surface area contributed by atoms with E-state index in [0.29, 0.717) is 12.3 Å². The lowest BCUT2D eigenvalue weighted by Crippen LogP contribution is -2.24. The van der Waals surface area contributed by atoms with Crippen LogP contribution >= 0.6 is 0 Å². The van der Waals surface area contributed by atoms with E-state index >= 15 is 0 Å². The van der Waals surface area contributed by atoms with Gasteiger partial charge in [-0.1, -0.05) is 12.0 Å². The van der Waals surface area contributed by atoms with Crippen LogP contribution in [0.3, 0.4) is 0 Å². The molecule has 0 bridgehead atoms. The summed E-state index contributed by atoms with van der Waals surface area (Å²) in [6.07, 6.45) is 1.52. The highest BCUT2D eigenvalue weighted by molar-refractivity contribution is 6.14. The summed E-state index contributed by atoms with van der Waals surface area (Å²) >= 11 is 0. The van der Waals surface area contributed by atoms with Gasteiger partial charge in [0.2, 0.25) is 11.8 Å². The first-order valence-electron chi connectivity index (χ1n) is 4.85. The quantitative estimate of drug-likeness (QED) is 0.670. The van der Waals surface area contributed by atoms with Crippen molar-refractivity contribution in [3.05, 3.63) is 5.89 Å². The van der Waals surface area contributed by atoms with Crippen LogP contribution in [0.15, 0.2) is 4.42 Å². The minimum Gasteiger partial charge on any atom is -0.408 e. The van der Waals surface area contributed by atoms with Crippen LogP contribution in [0.5, 0.6) is 0 Å². The molecule has 0 aliphatic carbocycles. The number of Topliss-reactive ketones (excluding diaryl/α,β-unsaturated/α-hetero) is 1. The van der Waals surface area contributed by atoms with Crippen molar-refractivity contribution in [2.75, 3.05) is 11.4 Å². The monoisotopic (exact) mass is 209 g/mol. The number of ketones is 1. The molecule has 0 saturated carbocycles. The number of hydrogen-bond donors (Lipinski definition) is 0. The number of aromatic nitrogens is 2. The number of amides is 1. The van der Waals surface area contributed by atoms with Crippen molar-refractivity contribution in [3.63, 3.8) is 0 Å². The van der Waals surface area contributed by atoms with Gasteiger partial charge < -0.3 is 4.42 Å². The molecule has 2 rings (SSSR count). The van der Waals surface area contributed by atoms with E-state index in [1.165, 1.54) is 4.90 Å². The normalized spacial score (nSPS) is 16.5. The molecule has 80 valence electrons. The Morgan fingerprint density at radius 1 is 1.40 bits per heavy atom. The average molecular weight is 209 g/mol. The second kappa shape index (κ2) is 3.80. The maximum absolute atomic E-state index is 11.3. The molecule has 1 saturated heterocycles. The summed E-state index contributed by atoms with van der Waals surface area (Å²) in [5.74, 6) is 0.113. The largest absolute Gasteiger partial charge is 0.408 e. The van der Waals surface area contributed by atoms with Crippen LogP contribution in [0.4, 0.5) is 6.01 Å². The number of carbonyl (C=O) groups is 2. The number of anilines is 1. The van der Waals surface area contributed by atoms with E-state index < -0.39 is 0 Å². The summed E-state index contributed by atoms with van der Waals surface area (Å²) < 4.78 is 5.26. The molecule has 1 aliphatic rings.